The lowest BCUT2D eigenvalue weighted by Gasteiger charge is -2.38. The zero-order valence-corrected chi connectivity index (χ0v) is 20.8. The van der Waals surface area contributed by atoms with Crippen molar-refractivity contribution in [3.8, 4) is 0 Å². The Labute approximate surface area is 214 Å². The summed E-state index contributed by atoms with van der Waals surface area (Å²) in [7, 11) is 0. The van der Waals surface area contributed by atoms with Crippen LogP contribution in [0.4, 0.5) is 11.5 Å². The Bertz CT molecular complexity index is 1490. The molecule has 0 saturated carbocycles. The van der Waals surface area contributed by atoms with E-state index in [1.807, 2.05) is 18.3 Å². The smallest absolute Gasteiger partial charge is 0.182 e. The molecule has 0 spiro atoms. The summed E-state index contributed by atoms with van der Waals surface area (Å²) in [6.07, 6.45) is 5.00. The molecule has 3 aromatic heterocycles. The van der Waals surface area contributed by atoms with E-state index in [9.17, 15) is 0 Å². The maximum absolute atomic E-state index is 6.77. The second kappa shape index (κ2) is 9.72. The molecule has 0 amide bonds. The molecule has 1 aliphatic rings. The summed E-state index contributed by atoms with van der Waals surface area (Å²) < 4.78 is 0. The molecule has 0 aliphatic carbocycles. The molecule has 0 radical (unpaired) electrons. The lowest BCUT2D eigenvalue weighted by atomic mass is 10.0. The van der Waals surface area contributed by atoms with E-state index in [2.05, 4.69) is 78.4 Å². The van der Waals surface area contributed by atoms with Crippen molar-refractivity contribution in [3.05, 3.63) is 83.5 Å². The highest BCUT2D eigenvalue weighted by molar-refractivity contribution is 6.36. The monoisotopic (exact) mass is 498 g/mol. The SMILES string of the molecule is CC(Nc1ncnc2nc[nH]c12)c1cc(Cl)c2cccnc2c1N1CCN(Cc2ccccc2)CC1. The number of halogens is 1. The van der Waals surface area contributed by atoms with Crippen LogP contribution in [0.1, 0.15) is 24.1 Å². The molecule has 6 rings (SSSR count). The third kappa shape index (κ3) is 4.34. The van der Waals surface area contributed by atoms with Gasteiger partial charge in [0.25, 0.3) is 0 Å². The van der Waals surface area contributed by atoms with Gasteiger partial charge >= 0.3 is 0 Å². The summed E-state index contributed by atoms with van der Waals surface area (Å²) in [6, 6.07) is 16.6. The molecule has 5 aromatic rings. The van der Waals surface area contributed by atoms with Crippen LogP contribution in [0.15, 0.2) is 67.4 Å². The van der Waals surface area contributed by atoms with E-state index in [1.54, 1.807) is 6.33 Å². The van der Waals surface area contributed by atoms with Gasteiger partial charge in [-0.2, -0.15) is 0 Å². The first-order valence-corrected chi connectivity index (χ1v) is 12.5. The van der Waals surface area contributed by atoms with Crippen molar-refractivity contribution in [3.63, 3.8) is 0 Å². The largest absolute Gasteiger partial charge is 0.367 e. The topological polar surface area (TPSA) is 85.9 Å². The molecule has 1 saturated heterocycles. The fraction of sp³-hybridized carbons (Fsp3) is 0.259. The maximum Gasteiger partial charge on any atom is 0.182 e. The van der Waals surface area contributed by atoms with Crippen LogP contribution >= 0.6 is 11.6 Å². The Morgan fingerprint density at radius 2 is 1.83 bits per heavy atom. The predicted octanol–water partition coefficient (Wildman–Crippen LogP) is 5.05. The number of hydrogen-bond acceptors (Lipinski definition) is 7. The molecule has 9 heteroatoms. The number of anilines is 2. The maximum atomic E-state index is 6.77. The molecule has 2 N–H and O–H groups in total. The van der Waals surface area contributed by atoms with Crippen LogP contribution < -0.4 is 10.2 Å². The molecule has 4 heterocycles. The van der Waals surface area contributed by atoms with Gasteiger partial charge < -0.3 is 15.2 Å². The van der Waals surface area contributed by atoms with Gasteiger partial charge in [-0.25, -0.2) is 15.0 Å². The highest BCUT2D eigenvalue weighted by atomic mass is 35.5. The van der Waals surface area contributed by atoms with Crippen molar-refractivity contribution in [1.29, 1.82) is 0 Å². The summed E-state index contributed by atoms with van der Waals surface area (Å²) in [6.45, 7) is 6.88. The van der Waals surface area contributed by atoms with Gasteiger partial charge in [-0.3, -0.25) is 9.88 Å². The van der Waals surface area contributed by atoms with Crippen LogP contribution in [0.2, 0.25) is 5.02 Å². The Morgan fingerprint density at radius 1 is 1.00 bits per heavy atom. The van der Waals surface area contributed by atoms with Gasteiger partial charge in [0, 0.05) is 49.9 Å². The second-order valence-electron chi connectivity index (χ2n) is 9.13. The first-order chi connectivity index (χ1) is 17.7. The van der Waals surface area contributed by atoms with Crippen LogP contribution in [0.3, 0.4) is 0 Å². The van der Waals surface area contributed by atoms with Crippen molar-refractivity contribution in [2.24, 2.45) is 0 Å². The fourth-order valence-electron chi connectivity index (χ4n) is 5.00. The first kappa shape index (κ1) is 22.7. The van der Waals surface area contributed by atoms with E-state index < -0.39 is 0 Å². The third-order valence-corrected chi connectivity index (χ3v) is 7.14. The third-order valence-electron chi connectivity index (χ3n) is 6.83. The molecular weight excluding hydrogens is 472 g/mol. The minimum atomic E-state index is -0.0762. The number of imidazole rings is 1. The number of aromatic amines is 1. The van der Waals surface area contributed by atoms with Crippen LogP contribution in [0.5, 0.6) is 0 Å². The van der Waals surface area contributed by atoms with Gasteiger partial charge in [0.2, 0.25) is 0 Å². The van der Waals surface area contributed by atoms with E-state index in [0.717, 1.165) is 60.4 Å². The first-order valence-electron chi connectivity index (χ1n) is 12.2. The average Bonchev–Trinajstić information content (AvgIpc) is 3.40. The van der Waals surface area contributed by atoms with Crippen molar-refractivity contribution in [2.75, 3.05) is 36.4 Å². The number of nitrogens with zero attached hydrogens (tertiary/aromatic N) is 6. The zero-order valence-electron chi connectivity index (χ0n) is 20.0. The van der Waals surface area contributed by atoms with Gasteiger partial charge in [0.15, 0.2) is 11.5 Å². The van der Waals surface area contributed by atoms with Crippen molar-refractivity contribution >= 4 is 45.2 Å². The molecule has 182 valence electrons. The quantitative estimate of drug-likeness (QED) is 0.339. The van der Waals surface area contributed by atoms with Crippen LogP contribution in [0.25, 0.3) is 22.1 Å². The van der Waals surface area contributed by atoms with E-state index in [0.29, 0.717) is 16.5 Å². The normalized spacial score (nSPS) is 15.4. The van der Waals surface area contributed by atoms with Gasteiger partial charge in [0.05, 0.1) is 28.6 Å². The number of hydrogen-bond donors (Lipinski definition) is 2. The summed E-state index contributed by atoms with van der Waals surface area (Å²) in [4.78, 5) is 25.8. The molecule has 8 nitrogen and oxygen atoms in total. The Kier molecular flexibility index (Phi) is 6.13. The number of piperazine rings is 1. The van der Waals surface area contributed by atoms with Gasteiger partial charge in [-0.15, -0.1) is 0 Å². The number of nitrogens with one attached hydrogen (secondary N) is 2. The van der Waals surface area contributed by atoms with Crippen LogP contribution in [0, 0.1) is 0 Å². The number of H-pyrrole nitrogens is 1. The minimum absolute atomic E-state index is 0.0762. The standard InChI is InChI=1S/C27H27ClN8/c1-18(34-27-24-26(31-16-30-24)32-17-33-27)21-14-22(28)20-8-5-9-29-23(20)25(21)36-12-10-35(11-13-36)15-19-6-3-2-4-7-19/h2-9,14,16-18H,10-13,15H2,1H3,(H2,30,31,32,33,34). The van der Waals surface area contributed by atoms with Crippen LogP contribution in [-0.2, 0) is 6.54 Å². The summed E-state index contributed by atoms with van der Waals surface area (Å²) in [5.41, 5.74) is 5.91. The number of rotatable bonds is 6. The molecular formula is C27H27ClN8. The minimum Gasteiger partial charge on any atom is -0.367 e. The van der Waals surface area contributed by atoms with Gasteiger partial charge in [-0.05, 0) is 30.7 Å². The molecule has 0 bridgehead atoms. The Hall–Kier alpha value is -3.75. The van der Waals surface area contributed by atoms with E-state index in [4.69, 9.17) is 16.6 Å². The Balaban J connectivity index is 1.32. The summed E-state index contributed by atoms with van der Waals surface area (Å²) >= 11 is 6.77. The highest BCUT2D eigenvalue weighted by Gasteiger charge is 2.25. The van der Waals surface area contributed by atoms with Crippen molar-refractivity contribution in [2.45, 2.75) is 19.5 Å². The molecule has 1 atom stereocenters. The molecule has 1 fully saturated rings. The zero-order chi connectivity index (χ0) is 24.5. The van der Waals surface area contributed by atoms with Crippen molar-refractivity contribution < 1.29 is 0 Å². The lowest BCUT2D eigenvalue weighted by Crippen LogP contribution is -2.46. The summed E-state index contributed by atoms with van der Waals surface area (Å²) in [5.74, 6) is 0.709. The van der Waals surface area contributed by atoms with E-state index in [1.165, 1.54) is 11.9 Å². The van der Waals surface area contributed by atoms with E-state index in [-0.39, 0.29) is 6.04 Å². The molecule has 2 aromatic carbocycles. The number of pyridine rings is 1. The molecule has 1 unspecified atom stereocenters. The number of fused-ring (bicyclic) bond motifs is 2. The fourth-order valence-corrected chi connectivity index (χ4v) is 5.27. The molecule has 36 heavy (non-hydrogen) atoms. The summed E-state index contributed by atoms with van der Waals surface area (Å²) in [5, 5.41) is 5.22. The van der Waals surface area contributed by atoms with Gasteiger partial charge in [0.1, 0.15) is 11.8 Å². The lowest BCUT2D eigenvalue weighted by molar-refractivity contribution is 0.250. The number of aromatic nitrogens is 5. The van der Waals surface area contributed by atoms with Gasteiger partial charge in [-0.1, -0.05) is 41.9 Å². The highest BCUT2D eigenvalue weighted by Crippen LogP contribution is 2.39. The predicted molar refractivity (Wildman–Crippen MR) is 144 cm³/mol. The van der Waals surface area contributed by atoms with Crippen LogP contribution in [-0.4, -0.2) is 56.0 Å². The molecule has 1 aliphatic heterocycles. The average molecular weight is 499 g/mol. The van der Waals surface area contributed by atoms with E-state index >= 15 is 0 Å². The Morgan fingerprint density at radius 3 is 2.67 bits per heavy atom. The second-order valence-corrected chi connectivity index (χ2v) is 9.54. The number of benzene rings is 2. The van der Waals surface area contributed by atoms with Crippen molar-refractivity contribution in [1.82, 2.24) is 29.8 Å².